The number of hydrogen-bond acceptors (Lipinski definition) is 2. The average molecular weight is 404 g/mol. The van der Waals surface area contributed by atoms with E-state index in [1.807, 2.05) is 5.32 Å². The first kappa shape index (κ1) is 21.3. The molecule has 0 spiro atoms. The summed E-state index contributed by atoms with van der Waals surface area (Å²) in [4.78, 5) is 14.4. The quantitative estimate of drug-likeness (QED) is 0.685. The van der Waals surface area contributed by atoms with Gasteiger partial charge in [-0.2, -0.15) is 13.2 Å². The number of pyridine rings is 1. The van der Waals surface area contributed by atoms with Gasteiger partial charge in [0, 0.05) is 5.56 Å². The van der Waals surface area contributed by atoms with E-state index >= 15 is 4.39 Å². The zero-order valence-corrected chi connectivity index (χ0v) is 14.6. The fourth-order valence-electron chi connectivity index (χ4n) is 2.55. The Labute approximate surface area is 155 Å². The van der Waals surface area contributed by atoms with Gasteiger partial charge in [0.15, 0.2) is 11.6 Å². The molecule has 0 radical (unpaired) electrons. The number of benzene rings is 1. The molecule has 28 heavy (non-hydrogen) atoms. The highest BCUT2D eigenvalue weighted by Crippen LogP contribution is 2.39. The van der Waals surface area contributed by atoms with Gasteiger partial charge in [0.2, 0.25) is 0 Å². The number of nitrogens with one attached hydrogen (secondary N) is 1. The third-order valence-electron chi connectivity index (χ3n) is 3.87. The highest BCUT2D eigenvalue weighted by Gasteiger charge is 2.40. The smallest absolute Gasteiger partial charge is 0.418 e. The van der Waals surface area contributed by atoms with Crippen molar-refractivity contribution >= 4 is 11.7 Å². The van der Waals surface area contributed by atoms with Crippen molar-refractivity contribution in [3.05, 3.63) is 59.6 Å². The number of halogens is 6. The maximum Gasteiger partial charge on any atom is 0.418 e. The summed E-state index contributed by atoms with van der Waals surface area (Å²) in [6.45, 7) is 4.91. The van der Waals surface area contributed by atoms with Crippen molar-refractivity contribution in [3.63, 3.8) is 0 Å². The van der Waals surface area contributed by atoms with Crippen molar-refractivity contribution in [2.45, 2.75) is 25.6 Å². The molecular formula is C18H14F6N2O2. The molecule has 0 unspecified atom stereocenters. The SMILES string of the molecule is C=C(c1nc(-c2ccc(F)cc2)c(F)c(C(C)(C)NC(=O)O)c1F)C(F)(F)F. The highest BCUT2D eigenvalue weighted by atomic mass is 19.4. The van der Waals surface area contributed by atoms with E-state index < -0.39 is 57.8 Å². The van der Waals surface area contributed by atoms with Crippen molar-refractivity contribution in [1.82, 2.24) is 10.3 Å². The summed E-state index contributed by atoms with van der Waals surface area (Å²) in [5.41, 5.74) is -6.76. The lowest BCUT2D eigenvalue weighted by molar-refractivity contribution is -0.0691. The van der Waals surface area contributed by atoms with Crippen molar-refractivity contribution < 1.29 is 36.2 Å². The first-order chi connectivity index (χ1) is 12.8. The van der Waals surface area contributed by atoms with E-state index in [0.717, 1.165) is 38.1 Å². The van der Waals surface area contributed by atoms with E-state index in [-0.39, 0.29) is 5.56 Å². The summed E-state index contributed by atoms with van der Waals surface area (Å²) >= 11 is 0. The molecule has 0 saturated heterocycles. The van der Waals surface area contributed by atoms with Crippen LogP contribution in [0.15, 0.2) is 30.8 Å². The Morgan fingerprint density at radius 3 is 2.07 bits per heavy atom. The Kier molecular flexibility index (Phi) is 5.45. The third-order valence-corrected chi connectivity index (χ3v) is 3.87. The zero-order valence-electron chi connectivity index (χ0n) is 14.6. The van der Waals surface area contributed by atoms with Gasteiger partial charge >= 0.3 is 12.3 Å². The van der Waals surface area contributed by atoms with Crippen LogP contribution < -0.4 is 5.32 Å². The maximum absolute atomic E-state index is 15.1. The van der Waals surface area contributed by atoms with Crippen molar-refractivity contribution in [3.8, 4) is 11.3 Å². The molecule has 4 nitrogen and oxygen atoms in total. The number of aromatic nitrogens is 1. The number of amides is 1. The van der Waals surface area contributed by atoms with Crippen LogP contribution in [0.3, 0.4) is 0 Å². The Morgan fingerprint density at radius 2 is 1.61 bits per heavy atom. The number of alkyl halides is 3. The van der Waals surface area contributed by atoms with Crippen molar-refractivity contribution in [2.24, 2.45) is 0 Å². The van der Waals surface area contributed by atoms with Crippen LogP contribution in [0, 0.1) is 17.5 Å². The van der Waals surface area contributed by atoms with Crippen molar-refractivity contribution in [2.75, 3.05) is 0 Å². The molecule has 2 aromatic rings. The molecule has 0 bridgehead atoms. The number of hydrogen-bond donors (Lipinski definition) is 2. The molecule has 10 heteroatoms. The van der Waals surface area contributed by atoms with Gasteiger partial charge in [-0.25, -0.2) is 22.9 Å². The molecule has 1 aromatic carbocycles. The molecule has 1 amide bonds. The predicted molar refractivity (Wildman–Crippen MR) is 88.8 cm³/mol. The molecule has 1 aromatic heterocycles. The van der Waals surface area contributed by atoms with Crippen LogP contribution in [-0.2, 0) is 5.54 Å². The van der Waals surface area contributed by atoms with Crippen LogP contribution in [0.2, 0.25) is 0 Å². The average Bonchev–Trinajstić information content (AvgIpc) is 2.53. The third kappa shape index (κ3) is 4.10. The first-order valence-electron chi connectivity index (χ1n) is 7.68. The molecular weight excluding hydrogens is 390 g/mol. The van der Waals surface area contributed by atoms with Gasteiger partial charge in [0.25, 0.3) is 0 Å². The maximum atomic E-state index is 15.1. The van der Waals surface area contributed by atoms with Crippen LogP contribution in [-0.4, -0.2) is 22.4 Å². The van der Waals surface area contributed by atoms with Crippen LogP contribution in [0.5, 0.6) is 0 Å². The lowest BCUT2D eigenvalue weighted by Gasteiger charge is -2.28. The fourth-order valence-corrected chi connectivity index (χ4v) is 2.55. The van der Waals surface area contributed by atoms with E-state index in [9.17, 15) is 26.7 Å². The summed E-state index contributed by atoms with van der Waals surface area (Å²) in [5.74, 6) is -3.79. The van der Waals surface area contributed by atoms with Gasteiger partial charge in [-0.15, -0.1) is 0 Å². The minimum atomic E-state index is -5.08. The Hall–Kier alpha value is -3.04. The molecule has 0 aliphatic carbocycles. The van der Waals surface area contributed by atoms with Crippen molar-refractivity contribution in [1.29, 1.82) is 0 Å². The molecule has 1 heterocycles. The second kappa shape index (κ2) is 7.17. The van der Waals surface area contributed by atoms with Crippen LogP contribution in [0.4, 0.5) is 31.1 Å². The number of nitrogens with zero attached hydrogens (tertiary/aromatic N) is 1. The van der Waals surface area contributed by atoms with Crippen LogP contribution >= 0.6 is 0 Å². The molecule has 0 aliphatic heterocycles. The Balaban J connectivity index is 2.87. The lowest BCUT2D eigenvalue weighted by atomic mass is 9.90. The molecule has 0 aliphatic rings. The standard InChI is InChI=1S/C18H14F6N2O2/c1-8(18(22,23)24)14-12(20)11(17(2,3)26-16(27)28)13(21)15(25-14)9-4-6-10(19)7-5-9/h4-7,26H,1H2,2-3H3,(H,27,28). The summed E-state index contributed by atoms with van der Waals surface area (Å²) in [6.07, 6.45) is -6.73. The van der Waals surface area contributed by atoms with E-state index in [4.69, 9.17) is 5.11 Å². The minimum absolute atomic E-state index is 0.137. The van der Waals surface area contributed by atoms with E-state index in [1.54, 1.807) is 0 Å². The second-order valence-electron chi connectivity index (χ2n) is 6.35. The molecule has 150 valence electrons. The number of rotatable bonds is 4. The first-order valence-corrected chi connectivity index (χ1v) is 7.68. The highest BCUT2D eigenvalue weighted by molar-refractivity contribution is 5.72. The largest absolute Gasteiger partial charge is 0.465 e. The molecule has 0 saturated carbocycles. The van der Waals surface area contributed by atoms with Gasteiger partial charge in [-0.05, 0) is 38.1 Å². The van der Waals surface area contributed by atoms with E-state index in [2.05, 4.69) is 11.6 Å². The van der Waals surface area contributed by atoms with E-state index in [0.29, 0.717) is 0 Å². The summed E-state index contributed by atoms with van der Waals surface area (Å²) < 4.78 is 82.3. The lowest BCUT2D eigenvalue weighted by Crippen LogP contribution is -2.42. The van der Waals surface area contributed by atoms with Crippen LogP contribution in [0.25, 0.3) is 16.8 Å². The number of allylic oxidation sites excluding steroid dienone is 1. The van der Waals surface area contributed by atoms with E-state index in [1.165, 1.54) is 0 Å². The fraction of sp³-hybridized carbons (Fsp3) is 0.222. The van der Waals surface area contributed by atoms with Crippen LogP contribution in [0.1, 0.15) is 25.1 Å². The van der Waals surface area contributed by atoms with Gasteiger partial charge in [0.1, 0.15) is 17.2 Å². The monoisotopic (exact) mass is 404 g/mol. The normalized spacial score (nSPS) is 12.0. The van der Waals surface area contributed by atoms with Gasteiger partial charge in [-0.1, -0.05) is 6.58 Å². The Bertz CT molecular complexity index is 937. The molecule has 2 rings (SSSR count). The number of carboxylic acid groups (broad SMARTS) is 1. The molecule has 0 atom stereocenters. The second-order valence-corrected chi connectivity index (χ2v) is 6.35. The zero-order chi connectivity index (χ0) is 21.4. The summed E-state index contributed by atoms with van der Waals surface area (Å²) in [6, 6.07) is 3.91. The summed E-state index contributed by atoms with van der Waals surface area (Å²) in [7, 11) is 0. The Morgan fingerprint density at radius 1 is 1.07 bits per heavy atom. The number of carbonyl (C=O) groups is 1. The van der Waals surface area contributed by atoms with Gasteiger partial charge in [-0.3, -0.25) is 0 Å². The predicted octanol–water partition coefficient (Wildman–Crippen LogP) is 5.24. The van der Waals surface area contributed by atoms with Gasteiger partial charge in [0.05, 0.1) is 16.7 Å². The topological polar surface area (TPSA) is 62.2 Å². The molecule has 2 N–H and O–H groups in total. The minimum Gasteiger partial charge on any atom is -0.465 e. The molecule has 0 fully saturated rings. The van der Waals surface area contributed by atoms with Gasteiger partial charge < -0.3 is 10.4 Å². The summed E-state index contributed by atoms with van der Waals surface area (Å²) in [5, 5.41) is 10.8.